The monoisotopic (exact) mass is 224 g/mol. The van der Waals surface area contributed by atoms with Crippen LogP contribution in [0.3, 0.4) is 0 Å². The van der Waals surface area contributed by atoms with Gasteiger partial charge < -0.3 is 9.79 Å². The van der Waals surface area contributed by atoms with Crippen LogP contribution in [0, 0.1) is 5.92 Å². The largest absolute Gasteiger partial charge is 0.326 e. The van der Waals surface area contributed by atoms with Crippen molar-refractivity contribution in [2.24, 2.45) is 5.92 Å². The summed E-state index contributed by atoms with van der Waals surface area (Å²) in [6, 6.07) is 0. The van der Waals surface area contributed by atoms with Crippen LogP contribution in [-0.2, 0) is 4.57 Å². The Morgan fingerprint density at radius 2 is 1.50 bits per heavy atom. The van der Waals surface area contributed by atoms with Crippen molar-refractivity contribution in [2.45, 2.75) is 59.3 Å². The van der Waals surface area contributed by atoms with Gasteiger partial charge in [0.15, 0.2) is 0 Å². The van der Waals surface area contributed by atoms with Gasteiger partial charge in [0, 0.05) is 0 Å². The predicted octanol–water partition coefficient (Wildman–Crippen LogP) is 3.36. The number of hydrogen-bond donors (Lipinski definition) is 2. The van der Waals surface area contributed by atoms with Crippen LogP contribution in [0.1, 0.15) is 59.3 Å². The second-order valence-electron chi connectivity index (χ2n) is 3.46. The average Bonchev–Trinajstić information content (AvgIpc) is 2.12. The third-order valence-corrected chi connectivity index (χ3v) is 2.37. The van der Waals surface area contributed by atoms with Gasteiger partial charge in [-0.2, -0.15) is 0 Å². The zero-order chi connectivity index (χ0) is 11.4. The van der Waals surface area contributed by atoms with Gasteiger partial charge in [-0.3, -0.25) is 4.57 Å². The van der Waals surface area contributed by atoms with E-state index in [2.05, 4.69) is 20.8 Å². The molecule has 4 heteroatoms. The van der Waals surface area contributed by atoms with Gasteiger partial charge in [0.2, 0.25) is 0 Å². The molecule has 0 aromatic rings. The van der Waals surface area contributed by atoms with Gasteiger partial charge in [0.05, 0.1) is 0 Å². The van der Waals surface area contributed by atoms with Crippen molar-refractivity contribution >= 4 is 8.25 Å². The maximum atomic E-state index is 8.74. The van der Waals surface area contributed by atoms with E-state index in [-0.39, 0.29) is 0 Å². The molecule has 0 unspecified atom stereocenters. The molecule has 0 amide bonds. The molecule has 88 valence electrons. The highest BCUT2D eigenvalue weighted by atomic mass is 31.1. The van der Waals surface area contributed by atoms with Crippen LogP contribution >= 0.6 is 8.25 Å². The van der Waals surface area contributed by atoms with Crippen LogP contribution in [0.4, 0.5) is 0 Å². The van der Waals surface area contributed by atoms with E-state index in [4.69, 9.17) is 14.4 Å². The Morgan fingerprint density at radius 1 is 1.07 bits per heavy atom. The summed E-state index contributed by atoms with van der Waals surface area (Å²) in [6.45, 7) is 6.88. The SMILES string of the molecule is CCCCCC(CC)CC.O=[PH](O)O. The van der Waals surface area contributed by atoms with Crippen molar-refractivity contribution in [1.29, 1.82) is 0 Å². The van der Waals surface area contributed by atoms with Crippen LogP contribution in [0.2, 0.25) is 0 Å². The molecule has 2 N–H and O–H groups in total. The minimum Gasteiger partial charge on any atom is -0.326 e. The van der Waals surface area contributed by atoms with Crippen LogP contribution in [0.25, 0.3) is 0 Å². The molecule has 0 aliphatic rings. The molecule has 0 saturated carbocycles. The molecule has 0 atom stereocenters. The lowest BCUT2D eigenvalue weighted by atomic mass is 9.96. The van der Waals surface area contributed by atoms with E-state index < -0.39 is 8.25 Å². The highest BCUT2D eigenvalue weighted by molar-refractivity contribution is 7.30. The number of unbranched alkanes of at least 4 members (excludes halogenated alkanes) is 2. The normalized spacial score (nSPS) is 10.2. The van der Waals surface area contributed by atoms with E-state index in [9.17, 15) is 0 Å². The van der Waals surface area contributed by atoms with E-state index in [1.54, 1.807) is 0 Å². The van der Waals surface area contributed by atoms with Crippen molar-refractivity contribution in [3.05, 3.63) is 0 Å². The van der Waals surface area contributed by atoms with Gasteiger partial charge in [-0.25, -0.2) is 0 Å². The molecular weight excluding hydrogens is 199 g/mol. The highest BCUT2D eigenvalue weighted by Crippen LogP contribution is 2.16. The van der Waals surface area contributed by atoms with Gasteiger partial charge >= 0.3 is 8.25 Å². The van der Waals surface area contributed by atoms with Crippen molar-refractivity contribution in [1.82, 2.24) is 0 Å². The smallest absolute Gasteiger partial charge is 0.314 e. The minimum absolute atomic E-state index is 1.01. The topological polar surface area (TPSA) is 57.5 Å². The molecule has 3 nitrogen and oxygen atoms in total. The van der Waals surface area contributed by atoms with Gasteiger partial charge in [0.25, 0.3) is 0 Å². The van der Waals surface area contributed by atoms with E-state index in [0.717, 1.165) is 5.92 Å². The molecule has 0 aliphatic heterocycles. The Labute approximate surface area is 88.5 Å². The first-order valence-corrected chi connectivity index (χ1v) is 6.80. The Hall–Kier alpha value is 0.150. The number of hydrogen-bond acceptors (Lipinski definition) is 1. The molecule has 0 fully saturated rings. The fourth-order valence-corrected chi connectivity index (χ4v) is 1.38. The van der Waals surface area contributed by atoms with E-state index in [1.807, 2.05) is 0 Å². The van der Waals surface area contributed by atoms with Crippen LogP contribution in [0.5, 0.6) is 0 Å². The fraction of sp³-hybridized carbons (Fsp3) is 1.00. The Balaban J connectivity index is 0. The van der Waals surface area contributed by atoms with Crippen molar-refractivity contribution in [3.8, 4) is 0 Å². The molecule has 0 bridgehead atoms. The summed E-state index contributed by atoms with van der Waals surface area (Å²) in [5, 5.41) is 0. The maximum Gasteiger partial charge on any atom is 0.314 e. The lowest BCUT2D eigenvalue weighted by Gasteiger charge is -2.10. The minimum atomic E-state index is -3.13. The zero-order valence-corrected chi connectivity index (χ0v) is 10.6. The van der Waals surface area contributed by atoms with Crippen LogP contribution in [0.15, 0.2) is 0 Å². The maximum absolute atomic E-state index is 8.74. The van der Waals surface area contributed by atoms with E-state index in [0.29, 0.717) is 0 Å². The average molecular weight is 224 g/mol. The van der Waals surface area contributed by atoms with Gasteiger partial charge in [0.1, 0.15) is 0 Å². The standard InChI is InChI=1S/C10H22.H3O3P/c1-4-7-8-9-10(5-2)6-3;1-4(2)3/h10H,4-9H2,1-3H3;4H,(H2,1,2,3). The second-order valence-corrected chi connectivity index (χ2v) is 4.03. The Kier molecular flexibility index (Phi) is 15.6. The molecule has 14 heavy (non-hydrogen) atoms. The van der Waals surface area contributed by atoms with E-state index >= 15 is 0 Å². The molecule has 0 aromatic carbocycles. The van der Waals surface area contributed by atoms with Gasteiger partial charge in [-0.05, 0) is 5.92 Å². The first kappa shape index (κ1) is 16.6. The van der Waals surface area contributed by atoms with E-state index in [1.165, 1.54) is 38.5 Å². The third-order valence-electron chi connectivity index (χ3n) is 2.37. The lowest BCUT2D eigenvalue weighted by Crippen LogP contribution is -1.95. The Bertz CT molecular complexity index is 121. The molecule has 0 aliphatic carbocycles. The van der Waals surface area contributed by atoms with Crippen molar-refractivity contribution in [2.75, 3.05) is 0 Å². The lowest BCUT2D eigenvalue weighted by molar-refractivity contribution is 0.405. The molecule has 0 radical (unpaired) electrons. The van der Waals surface area contributed by atoms with Crippen LogP contribution in [-0.4, -0.2) is 9.79 Å². The summed E-state index contributed by atoms with van der Waals surface area (Å²) in [6.07, 6.45) is 8.45. The first-order chi connectivity index (χ1) is 6.58. The third kappa shape index (κ3) is 18.0. The summed E-state index contributed by atoms with van der Waals surface area (Å²) in [4.78, 5) is 14.3. The number of rotatable bonds is 6. The fourth-order valence-electron chi connectivity index (χ4n) is 1.38. The molecule has 0 rings (SSSR count). The Morgan fingerprint density at radius 3 is 1.79 bits per heavy atom. The molecule has 0 spiro atoms. The summed E-state index contributed by atoms with van der Waals surface area (Å²) >= 11 is 0. The second kappa shape index (κ2) is 13.2. The quantitative estimate of drug-likeness (QED) is 0.537. The zero-order valence-electron chi connectivity index (χ0n) is 9.62. The first-order valence-electron chi connectivity index (χ1n) is 5.50. The van der Waals surface area contributed by atoms with Gasteiger partial charge in [-0.15, -0.1) is 0 Å². The molecule has 0 heterocycles. The summed E-state index contributed by atoms with van der Waals surface area (Å²) in [7, 11) is -3.13. The summed E-state index contributed by atoms with van der Waals surface area (Å²) in [5.74, 6) is 1.01. The molecule has 0 saturated heterocycles. The summed E-state index contributed by atoms with van der Waals surface area (Å²) in [5.41, 5.74) is 0. The molecular formula is C10H25O3P. The highest BCUT2D eigenvalue weighted by Gasteiger charge is 2.00. The predicted molar refractivity (Wildman–Crippen MR) is 61.7 cm³/mol. The summed E-state index contributed by atoms with van der Waals surface area (Å²) < 4.78 is 8.74. The van der Waals surface area contributed by atoms with Crippen LogP contribution < -0.4 is 0 Å². The van der Waals surface area contributed by atoms with Gasteiger partial charge in [-0.1, -0.05) is 59.3 Å². The van der Waals surface area contributed by atoms with Crippen molar-refractivity contribution in [3.63, 3.8) is 0 Å². The molecule has 0 aromatic heterocycles. The van der Waals surface area contributed by atoms with Crippen molar-refractivity contribution < 1.29 is 14.4 Å².